The molecule has 1 atom stereocenters. The molecule has 1 rings (SSSR count). The first-order valence-corrected chi connectivity index (χ1v) is 5.91. The van der Waals surface area contributed by atoms with Crippen molar-refractivity contribution in [2.45, 2.75) is 26.3 Å². The molecule has 1 unspecified atom stereocenters. The van der Waals surface area contributed by atoms with E-state index < -0.39 is 0 Å². The number of hydrogen-bond acceptors (Lipinski definition) is 5. The fraction of sp³-hybridized carbons (Fsp3) is 0.538. The Balaban J connectivity index is 2.78. The van der Waals surface area contributed by atoms with E-state index in [-0.39, 0.29) is 12.0 Å². The molecule has 0 aliphatic carbocycles. The summed E-state index contributed by atoms with van der Waals surface area (Å²) in [6.07, 6.45) is 2.34. The third kappa shape index (κ3) is 4.24. The first-order chi connectivity index (χ1) is 8.56. The monoisotopic (exact) mass is 252 g/mol. The quantitative estimate of drug-likeness (QED) is 0.785. The molecule has 0 amide bonds. The molecule has 0 aliphatic heterocycles. The molecule has 1 aromatic heterocycles. The van der Waals surface area contributed by atoms with Crippen molar-refractivity contribution in [3.63, 3.8) is 0 Å². The van der Waals surface area contributed by atoms with Crippen molar-refractivity contribution in [2.24, 2.45) is 5.92 Å². The summed E-state index contributed by atoms with van der Waals surface area (Å²) in [5.41, 5.74) is 0.790. The highest BCUT2D eigenvalue weighted by Gasteiger charge is 2.20. The zero-order chi connectivity index (χ0) is 13.5. The van der Waals surface area contributed by atoms with Gasteiger partial charge in [-0.2, -0.15) is 0 Å². The summed E-state index contributed by atoms with van der Waals surface area (Å²) in [4.78, 5) is 15.7. The zero-order valence-corrected chi connectivity index (χ0v) is 11.3. The third-order valence-electron chi connectivity index (χ3n) is 2.48. The first kappa shape index (κ1) is 14.3. The van der Waals surface area contributed by atoms with E-state index in [1.165, 1.54) is 7.11 Å². The molecule has 1 N–H and O–H groups in total. The van der Waals surface area contributed by atoms with E-state index >= 15 is 0 Å². The lowest BCUT2D eigenvalue weighted by molar-refractivity contribution is -0.141. The lowest BCUT2D eigenvalue weighted by atomic mass is 10.0. The van der Waals surface area contributed by atoms with Crippen LogP contribution in [0.15, 0.2) is 18.3 Å². The number of esters is 1. The normalized spacial score (nSPS) is 12.1. The number of carbonyl (C=O) groups excluding carboxylic acids is 1. The molecule has 0 saturated heterocycles. The highest BCUT2D eigenvalue weighted by atomic mass is 16.5. The van der Waals surface area contributed by atoms with Crippen LogP contribution in [0.4, 0.5) is 5.69 Å². The molecular weight excluding hydrogens is 232 g/mol. The van der Waals surface area contributed by atoms with Gasteiger partial charge in [-0.05, 0) is 18.4 Å². The van der Waals surface area contributed by atoms with E-state index in [1.54, 1.807) is 25.4 Å². The lowest BCUT2D eigenvalue weighted by Gasteiger charge is -2.19. The van der Waals surface area contributed by atoms with Gasteiger partial charge in [-0.25, -0.2) is 9.78 Å². The number of anilines is 1. The Kier molecular flexibility index (Phi) is 5.42. The number of methoxy groups -OCH3 is 2. The van der Waals surface area contributed by atoms with Gasteiger partial charge < -0.3 is 14.8 Å². The third-order valence-corrected chi connectivity index (χ3v) is 2.48. The van der Waals surface area contributed by atoms with Gasteiger partial charge in [0.15, 0.2) is 0 Å². The Bertz CT molecular complexity index is 394. The number of nitrogens with zero attached hydrogens (tertiary/aromatic N) is 1. The van der Waals surface area contributed by atoms with Crippen molar-refractivity contribution in [3.05, 3.63) is 18.3 Å². The van der Waals surface area contributed by atoms with Gasteiger partial charge >= 0.3 is 5.97 Å². The Morgan fingerprint density at radius 3 is 2.72 bits per heavy atom. The summed E-state index contributed by atoms with van der Waals surface area (Å²) in [5, 5.41) is 3.14. The fourth-order valence-corrected chi connectivity index (χ4v) is 1.64. The SMILES string of the molecule is COC(=O)C(CC(C)C)Nc1ccnc(OC)c1. The molecule has 0 radical (unpaired) electrons. The Labute approximate surface area is 108 Å². The van der Waals surface area contributed by atoms with Crippen molar-refractivity contribution in [1.29, 1.82) is 0 Å². The lowest BCUT2D eigenvalue weighted by Crippen LogP contribution is -2.32. The Morgan fingerprint density at radius 1 is 1.44 bits per heavy atom. The summed E-state index contributed by atoms with van der Waals surface area (Å²) >= 11 is 0. The second-order valence-electron chi connectivity index (χ2n) is 4.44. The van der Waals surface area contributed by atoms with E-state index in [0.29, 0.717) is 18.2 Å². The highest BCUT2D eigenvalue weighted by molar-refractivity contribution is 5.79. The number of pyridine rings is 1. The van der Waals surface area contributed by atoms with Crippen LogP contribution in [0.1, 0.15) is 20.3 Å². The maximum atomic E-state index is 11.7. The number of ether oxygens (including phenoxy) is 2. The number of aromatic nitrogens is 1. The van der Waals surface area contributed by atoms with E-state index in [9.17, 15) is 4.79 Å². The van der Waals surface area contributed by atoms with E-state index in [1.807, 2.05) is 0 Å². The van der Waals surface area contributed by atoms with Gasteiger partial charge in [0.2, 0.25) is 5.88 Å². The van der Waals surface area contributed by atoms with E-state index in [2.05, 4.69) is 24.1 Å². The van der Waals surface area contributed by atoms with Crippen molar-refractivity contribution >= 4 is 11.7 Å². The fourth-order valence-electron chi connectivity index (χ4n) is 1.64. The summed E-state index contributed by atoms with van der Waals surface area (Å²) < 4.78 is 9.83. The average molecular weight is 252 g/mol. The van der Waals surface area contributed by atoms with Crippen LogP contribution in [0, 0.1) is 5.92 Å². The smallest absolute Gasteiger partial charge is 0.328 e. The number of carbonyl (C=O) groups is 1. The van der Waals surface area contributed by atoms with Gasteiger partial charge in [0.05, 0.1) is 14.2 Å². The average Bonchev–Trinajstić information content (AvgIpc) is 2.36. The Morgan fingerprint density at radius 2 is 2.17 bits per heavy atom. The Hall–Kier alpha value is -1.78. The summed E-state index contributed by atoms with van der Waals surface area (Å²) in [7, 11) is 2.95. The van der Waals surface area contributed by atoms with Crippen molar-refractivity contribution in [2.75, 3.05) is 19.5 Å². The van der Waals surface area contributed by atoms with Crippen LogP contribution in [0.5, 0.6) is 5.88 Å². The van der Waals surface area contributed by atoms with Gasteiger partial charge in [0.25, 0.3) is 0 Å². The molecule has 18 heavy (non-hydrogen) atoms. The maximum Gasteiger partial charge on any atom is 0.328 e. The molecule has 0 aromatic carbocycles. The van der Waals surface area contributed by atoms with Crippen molar-refractivity contribution in [3.8, 4) is 5.88 Å². The minimum absolute atomic E-state index is 0.264. The highest BCUT2D eigenvalue weighted by Crippen LogP contribution is 2.17. The second-order valence-corrected chi connectivity index (χ2v) is 4.44. The van der Waals surface area contributed by atoms with Crippen LogP contribution < -0.4 is 10.1 Å². The first-order valence-electron chi connectivity index (χ1n) is 5.91. The minimum Gasteiger partial charge on any atom is -0.481 e. The molecule has 1 heterocycles. The molecule has 1 aromatic rings. The molecule has 5 nitrogen and oxygen atoms in total. The van der Waals surface area contributed by atoms with Gasteiger partial charge in [-0.3, -0.25) is 0 Å². The van der Waals surface area contributed by atoms with E-state index in [0.717, 1.165) is 5.69 Å². The molecular formula is C13H20N2O3. The van der Waals surface area contributed by atoms with Crippen LogP contribution in [0.3, 0.4) is 0 Å². The van der Waals surface area contributed by atoms with Crippen LogP contribution in [0.25, 0.3) is 0 Å². The molecule has 0 fully saturated rings. The largest absolute Gasteiger partial charge is 0.481 e. The van der Waals surface area contributed by atoms with Crippen molar-refractivity contribution in [1.82, 2.24) is 4.98 Å². The van der Waals surface area contributed by atoms with Crippen molar-refractivity contribution < 1.29 is 14.3 Å². The van der Waals surface area contributed by atoms with Crippen LogP contribution in [-0.2, 0) is 9.53 Å². The van der Waals surface area contributed by atoms with E-state index in [4.69, 9.17) is 9.47 Å². The standard InChI is InChI=1S/C13H20N2O3/c1-9(2)7-11(13(16)18-4)15-10-5-6-14-12(8-10)17-3/h5-6,8-9,11H,7H2,1-4H3,(H,14,15). The topological polar surface area (TPSA) is 60.5 Å². The molecule has 5 heteroatoms. The van der Waals surface area contributed by atoms with Crippen LogP contribution in [0.2, 0.25) is 0 Å². The molecule has 100 valence electrons. The predicted octanol–water partition coefficient (Wildman–Crippen LogP) is 2.09. The van der Waals surface area contributed by atoms with Gasteiger partial charge in [-0.1, -0.05) is 13.8 Å². The number of hydrogen-bond donors (Lipinski definition) is 1. The summed E-state index contributed by atoms with van der Waals surface area (Å²) in [5.74, 6) is 0.637. The maximum absolute atomic E-state index is 11.7. The van der Waals surface area contributed by atoms with Gasteiger partial charge in [0, 0.05) is 18.0 Å². The summed E-state index contributed by atoms with van der Waals surface area (Å²) in [6, 6.07) is 3.18. The number of nitrogens with one attached hydrogen (secondary N) is 1. The van der Waals surface area contributed by atoms with Gasteiger partial charge in [-0.15, -0.1) is 0 Å². The van der Waals surface area contributed by atoms with Gasteiger partial charge in [0.1, 0.15) is 6.04 Å². The number of rotatable bonds is 6. The van der Waals surface area contributed by atoms with Crippen LogP contribution >= 0.6 is 0 Å². The predicted molar refractivity (Wildman–Crippen MR) is 69.7 cm³/mol. The zero-order valence-electron chi connectivity index (χ0n) is 11.3. The molecule has 0 spiro atoms. The molecule has 0 saturated carbocycles. The second kappa shape index (κ2) is 6.83. The molecule has 0 bridgehead atoms. The van der Waals surface area contributed by atoms with Crippen LogP contribution in [-0.4, -0.2) is 31.2 Å². The minimum atomic E-state index is -0.359. The summed E-state index contributed by atoms with van der Waals surface area (Å²) in [6.45, 7) is 4.12. The molecule has 0 aliphatic rings.